The normalized spacial score (nSPS) is 11.8. The van der Waals surface area contributed by atoms with Crippen LogP contribution in [0.2, 0.25) is 0 Å². The van der Waals surface area contributed by atoms with Crippen LogP contribution in [-0.2, 0) is 4.79 Å². The molecular weight excluding hydrogens is 334 g/mol. The highest BCUT2D eigenvalue weighted by molar-refractivity contribution is 9.10. The van der Waals surface area contributed by atoms with Crippen LogP contribution in [0.4, 0.5) is 5.69 Å². The third kappa shape index (κ3) is 3.53. The number of carboxylic acid groups (broad SMARTS) is 1. The first-order valence-corrected chi connectivity index (χ1v) is 6.47. The van der Waals surface area contributed by atoms with Crippen LogP contribution >= 0.6 is 15.9 Å². The van der Waals surface area contributed by atoms with Gasteiger partial charge in [-0.1, -0.05) is 22.9 Å². The molecular formula is C12H12BrNO6. The Morgan fingerprint density at radius 2 is 2.10 bits per heavy atom. The number of ether oxygens (including phenoxy) is 1. The van der Waals surface area contributed by atoms with Crippen molar-refractivity contribution in [1.29, 1.82) is 0 Å². The molecule has 1 rings (SSSR count). The quantitative estimate of drug-likeness (QED) is 0.482. The number of carbonyl (C=O) groups is 2. The van der Waals surface area contributed by atoms with Crippen molar-refractivity contribution in [1.82, 2.24) is 0 Å². The Hall–Kier alpha value is -1.96. The van der Waals surface area contributed by atoms with E-state index >= 15 is 0 Å². The number of aliphatic carboxylic acids is 1. The number of benzene rings is 1. The van der Waals surface area contributed by atoms with Gasteiger partial charge in [-0.3, -0.25) is 14.9 Å². The topological polar surface area (TPSA) is 107 Å². The third-order valence-electron chi connectivity index (χ3n) is 2.49. The van der Waals surface area contributed by atoms with Gasteiger partial charge in [-0.2, -0.15) is 0 Å². The molecule has 1 unspecified atom stereocenters. The summed E-state index contributed by atoms with van der Waals surface area (Å²) in [5.74, 6) is -1.97. The van der Waals surface area contributed by atoms with Crippen LogP contribution in [0.3, 0.4) is 0 Å². The van der Waals surface area contributed by atoms with E-state index in [1.54, 1.807) is 6.92 Å². The molecule has 0 aromatic heterocycles. The van der Waals surface area contributed by atoms with E-state index in [1.165, 1.54) is 13.0 Å². The summed E-state index contributed by atoms with van der Waals surface area (Å²) in [6.07, 6.45) is -1.19. The van der Waals surface area contributed by atoms with E-state index in [0.29, 0.717) is 4.47 Å². The fourth-order valence-electron chi connectivity index (χ4n) is 1.46. The standard InChI is InChI=1S/C12H12BrNO6/c1-3-10(15)8-4-7(13)5-9(14(18)19)11(8)20-6(2)12(16)17/h4-6H,3H2,1-2H3,(H,16,17). The molecule has 0 saturated heterocycles. The predicted octanol–water partition coefficient (Wildman–Crippen LogP) is 2.80. The highest BCUT2D eigenvalue weighted by Crippen LogP contribution is 2.36. The lowest BCUT2D eigenvalue weighted by Crippen LogP contribution is -2.24. The molecule has 1 aromatic rings. The molecule has 0 radical (unpaired) electrons. The molecule has 0 spiro atoms. The largest absolute Gasteiger partial charge is 0.479 e. The highest BCUT2D eigenvalue weighted by atomic mass is 79.9. The molecule has 20 heavy (non-hydrogen) atoms. The number of nitrogens with zero attached hydrogens (tertiary/aromatic N) is 1. The van der Waals surface area contributed by atoms with E-state index in [0.717, 1.165) is 6.07 Å². The lowest BCUT2D eigenvalue weighted by atomic mass is 10.1. The second kappa shape index (κ2) is 6.47. The number of halogens is 1. The summed E-state index contributed by atoms with van der Waals surface area (Å²) < 4.78 is 5.44. The van der Waals surface area contributed by atoms with Crippen molar-refractivity contribution in [2.24, 2.45) is 0 Å². The van der Waals surface area contributed by atoms with Gasteiger partial charge in [0, 0.05) is 17.0 Å². The van der Waals surface area contributed by atoms with Crippen molar-refractivity contribution in [2.45, 2.75) is 26.4 Å². The van der Waals surface area contributed by atoms with Crippen LogP contribution < -0.4 is 4.74 Å². The second-order valence-electron chi connectivity index (χ2n) is 3.93. The van der Waals surface area contributed by atoms with Gasteiger partial charge in [0.15, 0.2) is 11.9 Å². The minimum absolute atomic E-state index is 0.0123. The smallest absolute Gasteiger partial charge is 0.344 e. The van der Waals surface area contributed by atoms with Gasteiger partial charge in [-0.05, 0) is 13.0 Å². The molecule has 0 saturated carbocycles. The summed E-state index contributed by atoms with van der Waals surface area (Å²) in [5.41, 5.74) is -0.467. The molecule has 7 nitrogen and oxygen atoms in total. The number of ketones is 1. The van der Waals surface area contributed by atoms with Gasteiger partial charge in [0.1, 0.15) is 0 Å². The molecule has 108 valence electrons. The van der Waals surface area contributed by atoms with Crippen LogP contribution in [0.25, 0.3) is 0 Å². The number of nitro groups is 1. The Bertz CT molecular complexity index is 571. The van der Waals surface area contributed by atoms with Crippen molar-refractivity contribution < 1.29 is 24.4 Å². The van der Waals surface area contributed by atoms with Crippen molar-refractivity contribution in [3.05, 3.63) is 32.3 Å². The van der Waals surface area contributed by atoms with Crippen molar-refractivity contribution >= 4 is 33.4 Å². The van der Waals surface area contributed by atoms with Crippen molar-refractivity contribution in [3.8, 4) is 5.75 Å². The average molecular weight is 346 g/mol. The monoisotopic (exact) mass is 345 g/mol. The van der Waals surface area contributed by atoms with Crippen LogP contribution in [0, 0.1) is 10.1 Å². The first kappa shape index (κ1) is 16.1. The zero-order chi connectivity index (χ0) is 15.4. The summed E-state index contributed by atoms with van der Waals surface area (Å²) >= 11 is 3.08. The van der Waals surface area contributed by atoms with Gasteiger partial charge in [0.25, 0.3) is 0 Å². The Morgan fingerprint density at radius 3 is 2.55 bits per heavy atom. The third-order valence-corrected chi connectivity index (χ3v) is 2.95. The SMILES string of the molecule is CCC(=O)c1cc(Br)cc([N+](=O)[O-])c1OC(C)C(=O)O. The lowest BCUT2D eigenvalue weighted by Gasteiger charge is -2.14. The molecule has 0 aliphatic rings. The molecule has 0 heterocycles. The molecule has 1 atom stereocenters. The maximum atomic E-state index is 11.8. The maximum Gasteiger partial charge on any atom is 0.344 e. The average Bonchev–Trinajstić information content (AvgIpc) is 2.38. The van der Waals surface area contributed by atoms with E-state index in [2.05, 4.69) is 15.9 Å². The number of carboxylic acids is 1. The zero-order valence-corrected chi connectivity index (χ0v) is 12.3. The van der Waals surface area contributed by atoms with E-state index in [9.17, 15) is 19.7 Å². The van der Waals surface area contributed by atoms with Crippen molar-refractivity contribution in [3.63, 3.8) is 0 Å². The first-order chi connectivity index (χ1) is 9.27. The van der Waals surface area contributed by atoms with Gasteiger partial charge >= 0.3 is 11.7 Å². The minimum Gasteiger partial charge on any atom is -0.479 e. The summed E-state index contributed by atoms with van der Waals surface area (Å²) in [4.78, 5) is 33.0. The summed E-state index contributed by atoms with van der Waals surface area (Å²) in [6.45, 7) is 2.83. The maximum absolute atomic E-state index is 11.8. The molecule has 1 N–H and O–H groups in total. The van der Waals surface area contributed by atoms with E-state index in [-0.39, 0.29) is 23.5 Å². The predicted molar refractivity (Wildman–Crippen MR) is 73.1 cm³/mol. The fraction of sp³-hybridized carbons (Fsp3) is 0.333. The van der Waals surface area contributed by atoms with Gasteiger partial charge in [-0.15, -0.1) is 0 Å². The van der Waals surface area contributed by atoms with Gasteiger partial charge in [0.2, 0.25) is 5.75 Å². The first-order valence-electron chi connectivity index (χ1n) is 5.68. The Morgan fingerprint density at radius 1 is 1.50 bits per heavy atom. The minimum atomic E-state index is -1.31. The molecule has 1 aromatic carbocycles. The number of carbonyl (C=O) groups excluding carboxylic acids is 1. The van der Waals surface area contributed by atoms with Crippen LogP contribution in [-0.4, -0.2) is 27.9 Å². The highest BCUT2D eigenvalue weighted by Gasteiger charge is 2.27. The van der Waals surface area contributed by atoms with E-state index in [4.69, 9.17) is 9.84 Å². The Balaban J connectivity index is 3.45. The van der Waals surface area contributed by atoms with Gasteiger partial charge < -0.3 is 9.84 Å². The van der Waals surface area contributed by atoms with Crippen molar-refractivity contribution in [2.75, 3.05) is 0 Å². The molecule has 0 aliphatic heterocycles. The summed E-state index contributed by atoms with van der Waals surface area (Å²) in [7, 11) is 0. The molecule has 0 fully saturated rings. The van der Waals surface area contributed by atoms with Gasteiger partial charge in [0.05, 0.1) is 10.5 Å². The van der Waals surface area contributed by atoms with Crippen LogP contribution in [0.5, 0.6) is 5.75 Å². The Labute approximate surface area is 122 Å². The van der Waals surface area contributed by atoms with Gasteiger partial charge in [-0.25, -0.2) is 4.79 Å². The number of Topliss-reactive ketones (excluding diaryl/α,β-unsaturated/α-hetero) is 1. The van der Waals surface area contributed by atoms with E-state index in [1.807, 2.05) is 0 Å². The lowest BCUT2D eigenvalue weighted by molar-refractivity contribution is -0.386. The molecule has 0 aliphatic carbocycles. The van der Waals surface area contributed by atoms with Crippen LogP contribution in [0.15, 0.2) is 16.6 Å². The molecule has 0 amide bonds. The molecule has 0 bridgehead atoms. The molecule has 8 heteroatoms. The summed E-state index contributed by atoms with van der Waals surface area (Å²) in [5, 5.41) is 19.9. The summed E-state index contributed by atoms with van der Waals surface area (Å²) in [6, 6.07) is 2.54. The number of hydrogen-bond donors (Lipinski definition) is 1. The van der Waals surface area contributed by atoms with E-state index < -0.39 is 22.7 Å². The number of nitro benzene ring substituents is 1. The fourth-order valence-corrected chi connectivity index (χ4v) is 1.91. The second-order valence-corrected chi connectivity index (χ2v) is 4.85. The number of rotatable bonds is 6. The van der Waals surface area contributed by atoms with Crippen LogP contribution in [0.1, 0.15) is 30.6 Å². The Kier molecular flexibility index (Phi) is 5.20. The number of hydrogen-bond acceptors (Lipinski definition) is 5. The zero-order valence-electron chi connectivity index (χ0n) is 10.8.